The van der Waals surface area contributed by atoms with E-state index in [1.807, 2.05) is 25.1 Å². The van der Waals surface area contributed by atoms with E-state index in [1.165, 1.54) is 16.7 Å². The Bertz CT molecular complexity index is 1150. The molecule has 36 heavy (non-hydrogen) atoms. The highest BCUT2D eigenvalue weighted by Crippen LogP contribution is 2.56. The Morgan fingerprint density at radius 1 is 1.19 bits per heavy atom. The zero-order valence-electron chi connectivity index (χ0n) is 22.6. The van der Waals surface area contributed by atoms with Crippen molar-refractivity contribution in [1.82, 2.24) is 5.32 Å². The molecule has 0 aromatic heterocycles. The van der Waals surface area contributed by atoms with Crippen molar-refractivity contribution < 1.29 is 14.7 Å². The lowest BCUT2D eigenvalue weighted by molar-refractivity contribution is -0.128. The number of hydrogen-bond donors (Lipinski definition) is 2. The fourth-order valence-electron chi connectivity index (χ4n) is 7.12. The minimum atomic E-state index is -0.258. The van der Waals surface area contributed by atoms with Gasteiger partial charge in [0.2, 0.25) is 0 Å². The average Bonchev–Trinajstić information content (AvgIpc) is 3.18. The molecule has 0 spiro atoms. The lowest BCUT2D eigenvalue weighted by Gasteiger charge is -2.52. The van der Waals surface area contributed by atoms with Gasteiger partial charge in [0.1, 0.15) is 5.75 Å². The third-order valence-electron chi connectivity index (χ3n) is 8.74. The summed E-state index contributed by atoms with van der Waals surface area (Å²) in [5.41, 5.74) is 4.92. The Balaban J connectivity index is 1.71. The van der Waals surface area contributed by atoms with E-state index in [-0.39, 0.29) is 46.7 Å². The van der Waals surface area contributed by atoms with Crippen LogP contribution < -0.4 is 5.32 Å². The maximum absolute atomic E-state index is 14.3. The number of allylic oxidation sites excluding steroid dienone is 6. The summed E-state index contributed by atoms with van der Waals surface area (Å²) in [6.45, 7) is 13.1. The number of Topliss-reactive ketones (excluding diaryl/α,β-unsaturated/α-hetero) is 1. The minimum absolute atomic E-state index is 0.00345. The van der Waals surface area contributed by atoms with Gasteiger partial charge in [-0.3, -0.25) is 9.59 Å². The van der Waals surface area contributed by atoms with Crippen LogP contribution >= 0.6 is 0 Å². The SMILES string of the molecule is C/C=C(C)/C=C(\C)[C@@H]1C(C)=C[C@]2(C)C[C@H](C)CC[C@H]2[C@@H]1C(=O)C1=C[C@H](Cc2ccc(O)cc2)NC1=O. The second kappa shape index (κ2) is 10.2. The summed E-state index contributed by atoms with van der Waals surface area (Å²) in [5, 5.41) is 12.6. The third-order valence-corrected chi connectivity index (χ3v) is 8.74. The van der Waals surface area contributed by atoms with E-state index in [0.29, 0.717) is 17.9 Å². The highest BCUT2D eigenvalue weighted by molar-refractivity contribution is 6.22. The van der Waals surface area contributed by atoms with Crippen molar-refractivity contribution in [2.75, 3.05) is 0 Å². The number of phenols is 1. The molecule has 2 N–H and O–H groups in total. The van der Waals surface area contributed by atoms with Gasteiger partial charge in [-0.05, 0) is 88.0 Å². The summed E-state index contributed by atoms with van der Waals surface area (Å²) in [5.74, 6) is 0.569. The van der Waals surface area contributed by atoms with Crippen molar-refractivity contribution in [2.24, 2.45) is 29.1 Å². The normalized spacial score (nSPS) is 32.9. The number of hydrogen-bond acceptors (Lipinski definition) is 3. The summed E-state index contributed by atoms with van der Waals surface area (Å²) in [7, 11) is 0. The molecule has 4 heteroatoms. The molecular weight excluding hydrogens is 446 g/mol. The van der Waals surface area contributed by atoms with Gasteiger partial charge in [0, 0.05) is 11.8 Å². The molecule has 1 fully saturated rings. The van der Waals surface area contributed by atoms with Crippen LogP contribution in [0.3, 0.4) is 0 Å². The number of carbonyl (C=O) groups is 2. The van der Waals surface area contributed by atoms with Crippen LogP contribution in [0.4, 0.5) is 0 Å². The van der Waals surface area contributed by atoms with Gasteiger partial charge in [-0.2, -0.15) is 0 Å². The summed E-state index contributed by atoms with van der Waals surface area (Å²) >= 11 is 0. The molecule has 1 amide bonds. The molecule has 1 saturated carbocycles. The summed E-state index contributed by atoms with van der Waals surface area (Å²) < 4.78 is 0. The smallest absolute Gasteiger partial charge is 0.255 e. The topological polar surface area (TPSA) is 66.4 Å². The zero-order valence-corrected chi connectivity index (χ0v) is 22.6. The van der Waals surface area contributed by atoms with E-state index >= 15 is 0 Å². The lowest BCUT2D eigenvalue weighted by Crippen LogP contribution is -2.48. The predicted octanol–water partition coefficient (Wildman–Crippen LogP) is 6.48. The first-order valence-electron chi connectivity index (χ1n) is 13.4. The van der Waals surface area contributed by atoms with Gasteiger partial charge in [-0.1, -0.05) is 67.3 Å². The zero-order chi connectivity index (χ0) is 26.2. The first-order valence-corrected chi connectivity index (χ1v) is 13.4. The standard InChI is InChI=1S/C32H41NO3/c1-7-19(2)14-21(4)28-22(5)18-32(6)17-20(3)8-13-27(32)29(28)30(35)26-16-24(33-31(26)36)15-23-9-11-25(34)12-10-23/h7,9-12,14,16,18,20,24,27-29,34H,8,13,15,17H2,1-6H3,(H,33,36)/b19-7+,21-14+/t20-,24+,27+,28-,29+,32+/m1/s1. The molecule has 1 aliphatic heterocycles. The van der Waals surface area contributed by atoms with Crippen molar-refractivity contribution in [1.29, 1.82) is 0 Å². The van der Waals surface area contributed by atoms with Crippen LogP contribution in [0.25, 0.3) is 0 Å². The largest absolute Gasteiger partial charge is 0.508 e. The van der Waals surface area contributed by atoms with Crippen molar-refractivity contribution in [3.05, 3.63) is 76.4 Å². The number of nitrogens with one attached hydrogen (secondary N) is 1. The Hall–Kier alpha value is -2.88. The van der Waals surface area contributed by atoms with E-state index in [0.717, 1.165) is 24.8 Å². The molecule has 0 radical (unpaired) electrons. The molecule has 6 atom stereocenters. The Kier molecular flexibility index (Phi) is 7.45. The van der Waals surface area contributed by atoms with Crippen molar-refractivity contribution in [2.45, 2.75) is 73.3 Å². The second-order valence-electron chi connectivity index (χ2n) is 11.7. The van der Waals surface area contributed by atoms with Crippen LogP contribution in [-0.4, -0.2) is 22.8 Å². The maximum Gasteiger partial charge on any atom is 0.255 e. The Morgan fingerprint density at radius 3 is 2.56 bits per heavy atom. The number of carbonyl (C=O) groups excluding carboxylic acids is 2. The molecule has 3 aliphatic rings. The Labute approximate surface area is 216 Å². The molecule has 1 aromatic rings. The lowest BCUT2D eigenvalue weighted by atomic mass is 9.52. The quantitative estimate of drug-likeness (QED) is 0.274. The maximum atomic E-state index is 14.3. The predicted molar refractivity (Wildman–Crippen MR) is 145 cm³/mol. The molecule has 4 rings (SSSR count). The highest BCUT2D eigenvalue weighted by atomic mass is 16.3. The van der Waals surface area contributed by atoms with Crippen molar-refractivity contribution in [3.8, 4) is 5.75 Å². The Morgan fingerprint density at radius 2 is 1.89 bits per heavy atom. The van der Waals surface area contributed by atoms with Gasteiger partial charge in [0.25, 0.3) is 5.91 Å². The molecule has 1 aromatic carbocycles. The molecule has 192 valence electrons. The van der Waals surface area contributed by atoms with Gasteiger partial charge in [-0.25, -0.2) is 0 Å². The van der Waals surface area contributed by atoms with Crippen LogP contribution in [-0.2, 0) is 16.0 Å². The molecular formula is C32H41NO3. The van der Waals surface area contributed by atoms with Gasteiger partial charge in [0.15, 0.2) is 5.78 Å². The number of phenolic OH excluding ortho intramolecular Hbond substituents is 1. The molecule has 1 heterocycles. The summed E-state index contributed by atoms with van der Waals surface area (Å²) in [6.07, 6.45) is 12.4. The van der Waals surface area contributed by atoms with Gasteiger partial charge >= 0.3 is 0 Å². The van der Waals surface area contributed by atoms with Crippen LogP contribution in [0.15, 0.2) is 70.9 Å². The number of benzene rings is 1. The minimum Gasteiger partial charge on any atom is -0.508 e. The van der Waals surface area contributed by atoms with Gasteiger partial charge in [-0.15, -0.1) is 0 Å². The first-order chi connectivity index (χ1) is 17.0. The van der Waals surface area contributed by atoms with E-state index in [2.05, 4.69) is 58.2 Å². The molecule has 0 unspecified atom stereocenters. The van der Waals surface area contributed by atoms with Gasteiger partial charge < -0.3 is 10.4 Å². The van der Waals surface area contributed by atoms with Crippen LogP contribution in [0.1, 0.15) is 66.4 Å². The molecule has 0 bridgehead atoms. The number of aromatic hydroxyl groups is 1. The van der Waals surface area contributed by atoms with E-state index in [1.54, 1.807) is 12.1 Å². The second-order valence-corrected chi connectivity index (χ2v) is 11.7. The number of rotatable bonds is 6. The number of fused-ring (bicyclic) bond motifs is 1. The molecule has 2 aliphatic carbocycles. The molecule has 4 nitrogen and oxygen atoms in total. The van der Waals surface area contributed by atoms with Crippen molar-refractivity contribution >= 4 is 11.7 Å². The van der Waals surface area contributed by atoms with Gasteiger partial charge in [0.05, 0.1) is 11.6 Å². The van der Waals surface area contributed by atoms with E-state index in [4.69, 9.17) is 0 Å². The van der Waals surface area contributed by atoms with Crippen LogP contribution in [0.2, 0.25) is 0 Å². The van der Waals surface area contributed by atoms with Crippen LogP contribution in [0, 0.1) is 29.1 Å². The van der Waals surface area contributed by atoms with Crippen LogP contribution in [0.5, 0.6) is 5.75 Å². The average molecular weight is 488 g/mol. The fraction of sp³-hybridized carbons (Fsp3) is 0.500. The highest BCUT2D eigenvalue weighted by Gasteiger charge is 2.52. The third kappa shape index (κ3) is 5.14. The summed E-state index contributed by atoms with van der Waals surface area (Å²) in [6, 6.07) is 6.78. The van der Waals surface area contributed by atoms with Crippen molar-refractivity contribution in [3.63, 3.8) is 0 Å². The number of amides is 1. The first kappa shape index (κ1) is 26.2. The fourth-order valence-corrected chi connectivity index (χ4v) is 7.12. The molecule has 0 saturated heterocycles. The van der Waals surface area contributed by atoms with E-state index in [9.17, 15) is 14.7 Å². The van der Waals surface area contributed by atoms with E-state index < -0.39 is 0 Å². The summed E-state index contributed by atoms with van der Waals surface area (Å²) in [4.78, 5) is 27.4. The monoisotopic (exact) mass is 487 g/mol. The number of ketones is 1.